The minimum atomic E-state index is -0.512. The van der Waals surface area contributed by atoms with E-state index in [1.165, 1.54) is 11.0 Å². The molecule has 0 spiro atoms. The van der Waals surface area contributed by atoms with Crippen LogP contribution in [0.25, 0.3) is 10.9 Å². The number of piperidine rings is 1. The number of carbonyl (C=O) groups is 2. The zero-order chi connectivity index (χ0) is 20.0. The molecule has 2 aromatic rings. The molecule has 1 N–H and O–H groups in total. The minimum absolute atomic E-state index is 0.189. The number of nitrogens with zero attached hydrogens (tertiary/aromatic N) is 4. The number of urea groups is 1. The van der Waals surface area contributed by atoms with Crippen molar-refractivity contribution < 1.29 is 14.0 Å². The number of likely N-dealkylation sites (tertiary alicyclic amines) is 1. The van der Waals surface area contributed by atoms with Gasteiger partial charge in [0.05, 0.1) is 5.52 Å². The SMILES string of the molecule is CC(C)N1CCC(c2cc3c(cc2F)c(N2CCC(=O)NC2=O)nn3C)CC1. The van der Waals surface area contributed by atoms with Crippen molar-refractivity contribution in [2.75, 3.05) is 24.5 Å². The lowest BCUT2D eigenvalue weighted by Gasteiger charge is -2.34. The molecule has 0 bridgehead atoms. The predicted octanol–water partition coefficient (Wildman–Crippen LogP) is 2.75. The van der Waals surface area contributed by atoms with Gasteiger partial charge in [-0.3, -0.25) is 19.7 Å². The number of rotatable bonds is 3. The van der Waals surface area contributed by atoms with E-state index in [9.17, 15) is 9.59 Å². The molecule has 0 aliphatic carbocycles. The fraction of sp³-hybridized carbons (Fsp3) is 0.550. The summed E-state index contributed by atoms with van der Waals surface area (Å²) in [6.07, 6.45) is 2.07. The van der Waals surface area contributed by atoms with Gasteiger partial charge in [-0.15, -0.1) is 0 Å². The quantitative estimate of drug-likeness (QED) is 0.879. The van der Waals surface area contributed by atoms with E-state index in [-0.39, 0.29) is 30.6 Å². The van der Waals surface area contributed by atoms with Crippen molar-refractivity contribution in [3.05, 3.63) is 23.5 Å². The van der Waals surface area contributed by atoms with Crippen LogP contribution in [0.4, 0.5) is 15.0 Å². The maximum atomic E-state index is 15.1. The molecular weight excluding hydrogens is 361 g/mol. The highest BCUT2D eigenvalue weighted by atomic mass is 19.1. The first kappa shape index (κ1) is 18.9. The summed E-state index contributed by atoms with van der Waals surface area (Å²) in [7, 11) is 1.79. The number of fused-ring (bicyclic) bond motifs is 1. The molecule has 7 nitrogen and oxygen atoms in total. The zero-order valence-electron chi connectivity index (χ0n) is 16.5. The number of hydrogen-bond acceptors (Lipinski definition) is 4. The maximum Gasteiger partial charge on any atom is 0.329 e. The summed E-state index contributed by atoms with van der Waals surface area (Å²) in [6.45, 7) is 6.56. The number of carbonyl (C=O) groups excluding carboxylic acids is 2. The Kier molecular flexibility index (Phi) is 4.82. The molecule has 3 heterocycles. The topological polar surface area (TPSA) is 70.5 Å². The predicted molar refractivity (Wildman–Crippen MR) is 105 cm³/mol. The second kappa shape index (κ2) is 7.16. The van der Waals surface area contributed by atoms with E-state index in [4.69, 9.17) is 0 Å². The van der Waals surface area contributed by atoms with E-state index in [1.807, 2.05) is 6.07 Å². The Morgan fingerprint density at radius 3 is 2.54 bits per heavy atom. The van der Waals surface area contributed by atoms with Crippen LogP contribution in [0, 0.1) is 5.82 Å². The molecule has 2 aliphatic heterocycles. The summed E-state index contributed by atoms with van der Waals surface area (Å²) in [6, 6.07) is 3.37. The average molecular weight is 387 g/mol. The standard InChI is InChI=1S/C20H26FN5O2/c1-12(2)25-7-4-13(5-8-25)14-11-17-15(10-16(14)21)19(23-24(17)3)26-9-6-18(27)22-20(26)28/h10-13H,4-9H2,1-3H3,(H,22,27,28). The van der Waals surface area contributed by atoms with Crippen molar-refractivity contribution in [1.29, 1.82) is 0 Å². The fourth-order valence-corrected chi connectivity index (χ4v) is 4.28. The Hall–Kier alpha value is -2.48. The van der Waals surface area contributed by atoms with E-state index in [0.29, 0.717) is 17.2 Å². The molecule has 8 heteroatoms. The number of halogens is 1. The van der Waals surface area contributed by atoms with Crippen molar-refractivity contribution in [1.82, 2.24) is 20.0 Å². The molecular formula is C20H26FN5O2. The Morgan fingerprint density at radius 1 is 1.18 bits per heavy atom. The summed E-state index contributed by atoms with van der Waals surface area (Å²) in [5.74, 6) is 0.0252. The third-order valence-electron chi connectivity index (χ3n) is 5.96. The van der Waals surface area contributed by atoms with Gasteiger partial charge < -0.3 is 4.90 Å². The Bertz CT molecular complexity index is 930. The van der Waals surface area contributed by atoms with Crippen LogP contribution in [0.2, 0.25) is 0 Å². The number of aromatic nitrogens is 2. The van der Waals surface area contributed by atoms with Gasteiger partial charge in [0.25, 0.3) is 0 Å². The number of hydrogen-bond donors (Lipinski definition) is 1. The summed E-state index contributed by atoms with van der Waals surface area (Å²) in [5.41, 5.74) is 1.52. The number of imide groups is 1. The number of anilines is 1. The number of nitrogens with one attached hydrogen (secondary N) is 1. The number of amides is 3. The molecule has 1 aromatic heterocycles. The summed E-state index contributed by atoms with van der Waals surface area (Å²) < 4.78 is 16.7. The lowest BCUT2D eigenvalue weighted by atomic mass is 9.88. The average Bonchev–Trinajstić information content (AvgIpc) is 2.96. The van der Waals surface area contributed by atoms with E-state index in [0.717, 1.165) is 37.0 Å². The van der Waals surface area contributed by atoms with E-state index in [1.54, 1.807) is 11.7 Å². The molecule has 0 unspecified atom stereocenters. The molecule has 28 heavy (non-hydrogen) atoms. The zero-order valence-corrected chi connectivity index (χ0v) is 16.5. The molecule has 4 rings (SSSR count). The van der Waals surface area contributed by atoms with Gasteiger partial charge in [0.15, 0.2) is 5.82 Å². The van der Waals surface area contributed by atoms with E-state index < -0.39 is 6.03 Å². The number of benzene rings is 1. The van der Waals surface area contributed by atoms with Crippen LogP contribution in [-0.4, -0.2) is 52.3 Å². The molecule has 2 fully saturated rings. The van der Waals surface area contributed by atoms with Gasteiger partial charge in [-0.2, -0.15) is 5.10 Å². The smallest absolute Gasteiger partial charge is 0.301 e. The highest BCUT2D eigenvalue weighted by Gasteiger charge is 2.30. The van der Waals surface area contributed by atoms with Gasteiger partial charge in [-0.1, -0.05) is 0 Å². The van der Waals surface area contributed by atoms with Gasteiger partial charge in [-0.25, -0.2) is 9.18 Å². The third-order valence-corrected chi connectivity index (χ3v) is 5.96. The Morgan fingerprint density at radius 2 is 1.89 bits per heavy atom. The minimum Gasteiger partial charge on any atom is -0.301 e. The molecule has 0 radical (unpaired) electrons. The maximum absolute atomic E-state index is 15.1. The van der Waals surface area contributed by atoms with Gasteiger partial charge in [-0.05, 0) is 63.4 Å². The largest absolute Gasteiger partial charge is 0.329 e. The lowest BCUT2D eigenvalue weighted by molar-refractivity contribution is -0.120. The highest BCUT2D eigenvalue weighted by molar-refractivity contribution is 6.08. The highest BCUT2D eigenvalue weighted by Crippen LogP contribution is 2.35. The molecule has 2 aliphatic rings. The van der Waals surface area contributed by atoms with Crippen molar-refractivity contribution in [2.24, 2.45) is 7.05 Å². The molecule has 3 amide bonds. The van der Waals surface area contributed by atoms with Crippen molar-refractivity contribution >= 4 is 28.7 Å². The van der Waals surface area contributed by atoms with Crippen LogP contribution in [0.1, 0.15) is 44.6 Å². The van der Waals surface area contributed by atoms with Crippen LogP contribution in [0.5, 0.6) is 0 Å². The first-order chi connectivity index (χ1) is 13.3. The van der Waals surface area contributed by atoms with Crippen LogP contribution < -0.4 is 10.2 Å². The molecule has 0 atom stereocenters. The normalized spacial score (nSPS) is 19.7. The molecule has 0 saturated carbocycles. The van der Waals surface area contributed by atoms with E-state index in [2.05, 4.69) is 29.2 Å². The fourth-order valence-electron chi connectivity index (χ4n) is 4.28. The van der Waals surface area contributed by atoms with Crippen molar-refractivity contribution in [3.8, 4) is 0 Å². The Balaban J connectivity index is 1.66. The second-order valence-electron chi connectivity index (χ2n) is 8.00. The molecule has 2 saturated heterocycles. The Labute approximate surface area is 163 Å². The third kappa shape index (κ3) is 3.26. The first-order valence-corrected chi connectivity index (χ1v) is 9.86. The van der Waals surface area contributed by atoms with Crippen LogP contribution >= 0.6 is 0 Å². The van der Waals surface area contributed by atoms with Gasteiger partial charge in [0.1, 0.15) is 5.82 Å². The van der Waals surface area contributed by atoms with Gasteiger partial charge in [0, 0.05) is 31.4 Å². The van der Waals surface area contributed by atoms with Crippen molar-refractivity contribution in [2.45, 2.75) is 45.1 Å². The number of aryl methyl sites for hydroxylation is 1. The first-order valence-electron chi connectivity index (χ1n) is 9.86. The van der Waals surface area contributed by atoms with Crippen LogP contribution in [0.3, 0.4) is 0 Å². The second-order valence-corrected chi connectivity index (χ2v) is 8.00. The summed E-state index contributed by atoms with van der Waals surface area (Å²) in [4.78, 5) is 27.4. The van der Waals surface area contributed by atoms with Gasteiger partial charge in [0.2, 0.25) is 5.91 Å². The van der Waals surface area contributed by atoms with Crippen molar-refractivity contribution in [3.63, 3.8) is 0 Å². The lowest BCUT2D eigenvalue weighted by Crippen LogP contribution is -2.49. The van der Waals surface area contributed by atoms with Gasteiger partial charge >= 0.3 is 6.03 Å². The summed E-state index contributed by atoms with van der Waals surface area (Å²) in [5, 5.41) is 7.33. The van der Waals surface area contributed by atoms with Crippen LogP contribution in [0.15, 0.2) is 12.1 Å². The monoisotopic (exact) mass is 387 g/mol. The van der Waals surface area contributed by atoms with E-state index >= 15 is 4.39 Å². The summed E-state index contributed by atoms with van der Waals surface area (Å²) >= 11 is 0. The molecule has 150 valence electrons. The van der Waals surface area contributed by atoms with Crippen LogP contribution in [-0.2, 0) is 11.8 Å². The molecule has 1 aromatic carbocycles.